The van der Waals surface area contributed by atoms with Gasteiger partial charge in [-0.25, -0.2) is 0 Å². The van der Waals surface area contributed by atoms with Gasteiger partial charge in [-0.15, -0.1) is 0 Å². The van der Waals surface area contributed by atoms with Gasteiger partial charge >= 0.3 is 0 Å². The Kier molecular flexibility index (Phi) is 2.73. The summed E-state index contributed by atoms with van der Waals surface area (Å²) >= 11 is 0. The maximum Gasteiger partial charge on any atom is 0.254 e. The maximum absolute atomic E-state index is 12.0. The van der Waals surface area contributed by atoms with Crippen molar-refractivity contribution in [2.75, 3.05) is 13.1 Å². The number of likely N-dealkylation sites (tertiary alicyclic amines) is 1. The first-order chi connectivity index (χ1) is 7.22. The molecule has 15 heavy (non-hydrogen) atoms. The molecule has 0 aromatic heterocycles. The van der Waals surface area contributed by atoms with Gasteiger partial charge < -0.3 is 10.0 Å². The number of benzene rings is 1. The van der Waals surface area contributed by atoms with Crippen LogP contribution in [-0.2, 0) is 6.42 Å². The molecule has 1 aromatic carbocycles. The van der Waals surface area contributed by atoms with Gasteiger partial charge in [-0.2, -0.15) is 0 Å². The summed E-state index contributed by atoms with van der Waals surface area (Å²) in [6.45, 7) is 2.98. The second-order valence-electron chi connectivity index (χ2n) is 3.87. The van der Waals surface area contributed by atoms with E-state index in [2.05, 4.69) is 0 Å². The van der Waals surface area contributed by atoms with Gasteiger partial charge in [0.15, 0.2) is 0 Å². The van der Waals surface area contributed by atoms with Gasteiger partial charge in [0.2, 0.25) is 0 Å². The monoisotopic (exact) mass is 205 g/mol. The maximum atomic E-state index is 12.0. The van der Waals surface area contributed by atoms with Crippen LogP contribution in [0.5, 0.6) is 0 Å². The number of rotatable bonds is 2. The number of carbonyl (C=O) groups excluding carboxylic acids is 1. The number of amides is 1. The summed E-state index contributed by atoms with van der Waals surface area (Å²) in [7, 11) is 0. The number of carbonyl (C=O) groups is 1. The molecule has 80 valence electrons. The van der Waals surface area contributed by atoms with E-state index in [1.165, 1.54) is 0 Å². The van der Waals surface area contributed by atoms with E-state index in [0.29, 0.717) is 13.1 Å². The Morgan fingerprint density at radius 1 is 1.47 bits per heavy atom. The minimum Gasteiger partial charge on any atom is -0.389 e. The molecule has 0 spiro atoms. The first-order valence-electron chi connectivity index (χ1n) is 5.27. The summed E-state index contributed by atoms with van der Waals surface area (Å²) in [6, 6.07) is 7.65. The first-order valence-corrected chi connectivity index (χ1v) is 5.27. The predicted molar refractivity (Wildman–Crippen MR) is 57.7 cm³/mol. The lowest BCUT2D eigenvalue weighted by atomic mass is 10.0. The van der Waals surface area contributed by atoms with E-state index >= 15 is 0 Å². The van der Waals surface area contributed by atoms with Crippen LogP contribution in [0.1, 0.15) is 22.8 Å². The van der Waals surface area contributed by atoms with Gasteiger partial charge in [-0.3, -0.25) is 4.79 Å². The van der Waals surface area contributed by atoms with Gasteiger partial charge in [-0.1, -0.05) is 25.1 Å². The molecule has 1 aliphatic heterocycles. The Morgan fingerprint density at radius 3 is 2.73 bits per heavy atom. The molecule has 1 heterocycles. The largest absolute Gasteiger partial charge is 0.389 e. The number of nitrogens with zero attached hydrogens (tertiary/aromatic N) is 1. The van der Waals surface area contributed by atoms with Crippen LogP contribution in [-0.4, -0.2) is 35.1 Å². The average Bonchev–Trinajstić information content (AvgIpc) is 2.24. The number of aliphatic hydroxyl groups excluding tert-OH is 1. The smallest absolute Gasteiger partial charge is 0.254 e. The summed E-state index contributed by atoms with van der Waals surface area (Å²) in [4.78, 5) is 13.6. The van der Waals surface area contributed by atoms with E-state index in [1.54, 1.807) is 4.90 Å². The summed E-state index contributed by atoms with van der Waals surface area (Å²) in [6.07, 6.45) is 0.529. The molecule has 0 aliphatic carbocycles. The number of aryl methyl sites for hydroxylation is 1. The van der Waals surface area contributed by atoms with Crippen molar-refractivity contribution in [1.82, 2.24) is 4.90 Å². The van der Waals surface area contributed by atoms with Crippen LogP contribution >= 0.6 is 0 Å². The minimum atomic E-state index is -0.331. The van der Waals surface area contributed by atoms with Crippen LogP contribution in [0.2, 0.25) is 0 Å². The van der Waals surface area contributed by atoms with Crippen LogP contribution in [0, 0.1) is 0 Å². The third-order valence-electron chi connectivity index (χ3n) is 2.78. The zero-order chi connectivity index (χ0) is 10.8. The first kappa shape index (κ1) is 10.2. The lowest BCUT2D eigenvalue weighted by molar-refractivity contribution is 0.00582. The minimum absolute atomic E-state index is 0.0396. The molecule has 0 bridgehead atoms. The van der Waals surface area contributed by atoms with Crippen molar-refractivity contribution in [3.05, 3.63) is 35.4 Å². The van der Waals surface area contributed by atoms with Gasteiger partial charge in [0.25, 0.3) is 5.91 Å². The second-order valence-corrected chi connectivity index (χ2v) is 3.87. The lowest BCUT2D eigenvalue weighted by Gasteiger charge is -2.36. The Bertz CT molecular complexity index is 370. The van der Waals surface area contributed by atoms with Gasteiger partial charge in [0.05, 0.1) is 6.10 Å². The normalized spacial score (nSPS) is 16.3. The van der Waals surface area contributed by atoms with Gasteiger partial charge in [-0.05, 0) is 18.1 Å². The van der Waals surface area contributed by atoms with Crippen LogP contribution in [0.4, 0.5) is 0 Å². The highest BCUT2D eigenvalue weighted by molar-refractivity contribution is 5.96. The van der Waals surface area contributed by atoms with E-state index in [9.17, 15) is 4.79 Å². The molecule has 1 saturated heterocycles. The number of aliphatic hydroxyl groups is 1. The molecular weight excluding hydrogens is 190 g/mol. The average molecular weight is 205 g/mol. The predicted octanol–water partition coefficient (Wildman–Crippen LogP) is 1.07. The van der Waals surface area contributed by atoms with Crippen molar-refractivity contribution in [3.8, 4) is 0 Å². The van der Waals surface area contributed by atoms with E-state index in [-0.39, 0.29) is 12.0 Å². The van der Waals surface area contributed by atoms with Crippen molar-refractivity contribution >= 4 is 5.91 Å². The molecule has 1 amide bonds. The fourth-order valence-corrected chi connectivity index (χ4v) is 1.83. The molecule has 3 heteroatoms. The SMILES string of the molecule is CCc1ccccc1C(=O)N1CC(O)C1. The van der Waals surface area contributed by atoms with Gasteiger partial charge in [0.1, 0.15) is 0 Å². The van der Waals surface area contributed by atoms with E-state index in [1.807, 2.05) is 31.2 Å². The molecule has 0 atom stereocenters. The molecule has 0 radical (unpaired) electrons. The van der Waals surface area contributed by atoms with Crippen molar-refractivity contribution in [2.45, 2.75) is 19.4 Å². The highest BCUT2D eigenvalue weighted by Gasteiger charge is 2.29. The highest BCUT2D eigenvalue weighted by atomic mass is 16.3. The highest BCUT2D eigenvalue weighted by Crippen LogP contribution is 2.16. The van der Waals surface area contributed by atoms with Gasteiger partial charge in [0, 0.05) is 18.7 Å². The topological polar surface area (TPSA) is 40.5 Å². The number of hydrogen-bond acceptors (Lipinski definition) is 2. The molecule has 1 fully saturated rings. The second kappa shape index (κ2) is 4.03. The summed E-state index contributed by atoms with van der Waals surface area (Å²) in [5.41, 5.74) is 1.84. The number of hydrogen-bond donors (Lipinski definition) is 1. The molecule has 1 N–H and O–H groups in total. The van der Waals surface area contributed by atoms with Crippen molar-refractivity contribution < 1.29 is 9.90 Å². The summed E-state index contributed by atoms with van der Waals surface area (Å²) in [5.74, 6) is 0.0396. The van der Waals surface area contributed by atoms with Crippen LogP contribution in [0.15, 0.2) is 24.3 Å². The van der Waals surface area contributed by atoms with E-state index < -0.39 is 0 Å². The van der Waals surface area contributed by atoms with E-state index in [4.69, 9.17) is 5.11 Å². The van der Waals surface area contributed by atoms with E-state index in [0.717, 1.165) is 17.5 Å². The van der Waals surface area contributed by atoms with Crippen molar-refractivity contribution in [3.63, 3.8) is 0 Å². The van der Waals surface area contributed by atoms with Crippen molar-refractivity contribution in [1.29, 1.82) is 0 Å². The third-order valence-corrected chi connectivity index (χ3v) is 2.78. The Labute approximate surface area is 89.3 Å². The summed E-state index contributed by atoms with van der Waals surface area (Å²) in [5, 5.41) is 9.15. The van der Waals surface area contributed by atoms with Crippen LogP contribution in [0.25, 0.3) is 0 Å². The van der Waals surface area contributed by atoms with Crippen LogP contribution in [0.3, 0.4) is 0 Å². The molecule has 1 aliphatic rings. The molecule has 0 saturated carbocycles. The fourth-order valence-electron chi connectivity index (χ4n) is 1.83. The molecule has 1 aromatic rings. The summed E-state index contributed by atoms with van der Waals surface area (Å²) < 4.78 is 0. The van der Waals surface area contributed by atoms with Crippen molar-refractivity contribution in [2.24, 2.45) is 0 Å². The Hall–Kier alpha value is -1.35. The Morgan fingerprint density at radius 2 is 2.13 bits per heavy atom. The standard InChI is InChI=1S/C12H15NO2/c1-2-9-5-3-4-6-11(9)12(15)13-7-10(14)8-13/h3-6,10,14H,2,7-8H2,1H3. The lowest BCUT2D eigenvalue weighted by Crippen LogP contribution is -2.53. The molecule has 2 rings (SSSR count). The fraction of sp³-hybridized carbons (Fsp3) is 0.417. The third kappa shape index (κ3) is 1.88. The quantitative estimate of drug-likeness (QED) is 0.784. The number of β-amino-alcohol motifs (C(OH)–C–C–N with tert-alkyl or cyclic N) is 1. The van der Waals surface area contributed by atoms with Crippen LogP contribution < -0.4 is 0 Å². The molecule has 0 unspecified atom stereocenters. The Balaban J connectivity index is 2.18. The molecular formula is C12H15NO2. The zero-order valence-corrected chi connectivity index (χ0v) is 8.81. The molecule has 3 nitrogen and oxygen atoms in total. The zero-order valence-electron chi connectivity index (χ0n) is 8.81.